The molecule has 0 spiro atoms. The van der Waals surface area contributed by atoms with Gasteiger partial charge in [0.05, 0.1) is 6.61 Å². The van der Waals surface area contributed by atoms with Gasteiger partial charge >= 0.3 is 0 Å². The van der Waals surface area contributed by atoms with Gasteiger partial charge in [-0.15, -0.1) is 0 Å². The number of rotatable bonds is 5. The van der Waals surface area contributed by atoms with Gasteiger partial charge in [0.2, 0.25) is 4.38 Å². The van der Waals surface area contributed by atoms with Crippen LogP contribution in [0.1, 0.15) is 29.2 Å². The molecule has 0 radical (unpaired) electrons. The number of hydrogen-bond donors (Lipinski definition) is 0. The summed E-state index contributed by atoms with van der Waals surface area (Å²) < 4.78 is 5.97. The Bertz CT molecular complexity index is 956. The van der Waals surface area contributed by atoms with Gasteiger partial charge in [-0.25, -0.2) is 0 Å². The zero-order valence-electron chi connectivity index (χ0n) is 16.0. The van der Waals surface area contributed by atoms with Crippen LogP contribution in [-0.4, -0.2) is 11.0 Å². The van der Waals surface area contributed by atoms with E-state index in [0.29, 0.717) is 11.0 Å². The van der Waals surface area contributed by atoms with Crippen LogP contribution in [-0.2, 0) is 9.48 Å². The first-order valence-corrected chi connectivity index (χ1v) is 10.7. The van der Waals surface area contributed by atoms with E-state index in [-0.39, 0.29) is 4.75 Å². The normalized spacial score (nSPS) is 14.6. The monoisotopic (exact) mass is 402 g/mol. The van der Waals surface area contributed by atoms with E-state index in [4.69, 9.17) is 17.0 Å². The molecule has 0 heterocycles. The summed E-state index contributed by atoms with van der Waals surface area (Å²) in [5.74, 6) is 0. The molecule has 3 aromatic rings. The topological polar surface area (TPSA) is 9.23 Å². The van der Waals surface area contributed by atoms with Crippen molar-refractivity contribution in [1.82, 2.24) is 0 Å². The summed E-state index contributed by atoms with van der Waals surface area (Å²) in [6.07, 6.45) is 0. The first kappa shape index (κ1) is 19.0. The first-order chi connectivity index (χ1) is 13.7. The second kappa shape index (κ2) is 7.94. The Balaban J connectivity index is 1.89. The number of thiocarbonyl (C=S) groups is 1. The quantitative estimate of drug-likeness (QED) is 0.431. The van der Waals surface area contributed by atoms with Crippen LogP contribution in [0.4, 0.5) is 0 Å². The lowest BCUT2D eigenvalue weighted by Crippen LogP contribution is -2.13. The molecule has 1 aliphatic rings. The van der Waals surface area contributed by atoms with Crippen molar-refractivity contribution >= 4 is 39.5 Å². The van der Waals surface area contributed by atoms with Crippen molar-refractivity contribution in [1.29, 1.82) is 0 Å². The summed E-state index contributed by atoms with van der Waals surface area (Å²) in [4.78, 5) is 0. The SMILES string of the molecule is CCOC(=S)SC1(c2ccc(C)cc2)C(c2ccccc2)=C1c1ccccc1. The molecule has 140 valence electrons. The van der Waals surface area contributed by atoms with Gasteiger partial charge in [-0.2, -0.15) is 0 Å². The summed E-state index contributed by atoms with van der Waals surface area (Å²) in [6.45, 7) is 4.67. The molecule has 1 nitrogen and oxygen atoms in total. The van der Waals surface area contributed by atoms with E-state index in [9.17, 15) is 0 Å². The summed E-state index contributed by atoms with van der Waals surface area (Å²) in [5, 5.41) is 0. The third-order valence-corrected chi connectivity index (χ3v) is 6.58. The minimum Gasteiger partial charge on any atom is -0.479 e. The molecule has 0 amide bonds. The van der Waals surface area contributed by atoms with Gasteiger partial charge in [0, 0.05) is 0 Å². The largest absolute Gasteiger partial charge is 0.479 e. The standard InChI is InChI=1S/C25H22OS2/c1-3-26-24(27)28-25(21-16-14-18(2)15-17-21)22(19-10-6-4-7-11-19)23(25)20-12-8-5-9-13-20/h4-17H,3H2,1-2H3. The summed E-state index contributed by atoms with van der Waals surface area (Å²) >= 11 is 7.22. The number of hydrogen-bond acceptors (Lipinski definition) is 3. The number of thioether (sulfide) groups is 1. The summed E-state index contributed by atoms with van der Waals surface area (Å²) in [6, 6.07) is 30.0. The minimum absolute atomic E-state index is 0.317. The van der Waals surface area contributed by atoms with E-state index in [2.05, 4.69) is 91.9 Å². The van der Waals surface area contributed by atoms with Crippen molar-refractivity contribution in [3.63, 3.8) is 0 Å². The number of ether oxygens (including phenoxy) is 1. The maximum absolute atomic E-state index is 5.70. The maximum atomic E-state index is 5.70. The Morgan fingerprint density at radius 3 is 1.79 bits per heavy atom. The van der Waals surface area contributed by atoms with E-state index in [1.54, 1.807) is 11.8 Å². The predicted octanol–water partition coefficient (Wildman–Crippen LogP) is 6.87. The molecule has 0 saturated heterocycles. The fourth-order valence-electron chi connectivity index (χ4n) is 3.68. The zero-order valence-corrected chi connectivity index (χ0v) is 17.6. The van der Waals surface area contributed by atoms with Gasteiger partial charge in [0.25, 0.3) is 0 Å². The molecule has 0 unspecified atom stereocenters. The van der Waals surface area contributed by atoms with Gasteiger partial charge in [0.15, 0.2) is 0 Å². The molecule has 0 aromatic heterocycles. The van der Waals surface area contributed by atoms with Gasteiger partial charge in [-0.1, -0.05) is 102 Å². The Hall–Kier alpha value is -2.36. The Kier molecular flexibility index (Phi) is 5.38. The van der Waals surface area contributed by atoms with Gasteiger partial charge in [-0.3, -0.25) is 0 Å². The lowest BCUT2D eigenvalue weighted by atomic mass is 9.99. The average molecular weight is 403 g/mol. The number of aryl methyl sites for hydroxylation is 1. The molecule has 0 atom stereocenters. The van der Waals surface area contributed by atoms with E-state index in [0.717, 1.165) is 0 Å². The lowest BCUT2D eigenvalue weighted by molar-refractivity contribution is 0.346. The van der Waals surface area contributed by atoms with Crippen molar-refractivity contribution < 1.29 is 4.74 Å². The van der Waals surface area contributed by atoms with Crippen molar-refractivity contribution in [2.24, 2.45) is 0 Å². The molecule has 3 heteroatoms. The van der Waals surface area contributed by atoms with E-state index < -0.39 is 0 Å². The molecule has 28 heavy (non-hydrogen) atoms. The molecule has 0 bridgehead atoms. The molecule has 0 aliphatic heterocycles. The zero-order chi connectivity index (χ0) is 19.6. The third-order valence-electron chi connectivity index (χ3n) is 4.97. The Labute approximate surface area is 176 Å². The molecule has 4 rings (SSSR count). The van der Waals surface area contributed by atoms with Gasteiger partial charge in [-0.05, 0) is 53.9 Å². The smallest absolute Gasteiger partial charge is 0.221 e. The van der Waals surface area contributed by atoms with Crippen LogP contribution < -0.4 is 0 Å². The third kappa shape index (κ3) is 3.41. The molecule has 0 saturated carbocycles. The van der Waals surface area contributed by atoms with Crippen LogP contribution in [0.3, 0.4) is 0 Å². The highest BCUT2D eigenvalue weighted by molar-refractivity contribution is 8.24. The second-order valence-corrected chi connectivity index (χ2v) is 8.63. The van der Waals surface area contributed by atoms with Crippen LogP contribution in [0.15, 0.2) is 84.9 Å². The average Bonchev–Trinajstić information content (AvgIpc) is 3.39. The van der Waals surface area contributed by atoms with Gasteiger partial charge in [0.1, 0.15) is 4.75 Å². The van der Waals surface area contributed by atoms with Crippen molar-refractivity contribution in [3.05, 3.63) is 107 Å². The van der Waals surface area contributed by atoms with Crippen LogP contribution >= 0.6 is 24.0 Å². The van der Waals surface area contributed by atoms with Crippen LogP contribution in [0.25, 0.3) is 11.1 Å². The Morgan fingerprint density at radius 1 is 0.821 bits per heavy atom. The minimum atomic E-state index is -0.317. The Morgan fingerprint density at radius 2 is 1.32 bits per heavy atom. The van der Waals surface area contributed by atoms with Crippen LogP contribution in [0.2, 0.25) is 0 Å². The molecule has 3 aromatic carbocycles. The van der Waals surface area contributed by atoms with Crippen LogP contribution in [0, 0.1) is 6.92 Å². The van der Waals surface area contributed by atoms with Crippen molar-refractivity contribution in [2.45, 2.75) is 18.6 Å². The summed E-state index contributed by atoms with van der Waals surface area (Å²) in [5.41, 5.74) is 7.58. The van der Waals surface area contributed by atoms with Crippen molar-refractivity contribution in [3.8, 4) is 0 Å². The van der Waals surface area contributed by atoms with E-state index in [1.165, 1.54) is 33.4 Å². The highest BCUT2D eigenvalue weighted by atomic mass is 32.2. The fraction of sp³-hybridized carbons (Fsp3) is 0.160. The molecule has 0 N–H and O–H groups in total. The van der Waals surface area contributed by atoms with Crippen LogP contribution in [0.5, 0.6) is 0 Å². The molecular weight excluding hydrogens is 380 g/mol. The maximum Gasteiger partial charge on any atom is 0.221 e. The van der Waals surface area contributed by atoms with Gasteiger partial charge < -0.3 is 4.74 Å². The van der Waals surface area contributed by atoms with E-state index >= 15 is 0 Å². The lowest BCUT2D eigenvalue weighted by Gasteiger charge is -2.21. The second-order valence-electron chi connectivity index (χ2n) is 6.81. The molecule has 1 aliphatic carbocycles. The number of benzene rings is 3. The van der Waals surface area contributed by atoms with Crippen molar-refractivity contribution in [2.75, 3.05) is 6.61 Å². The highest BCUT2D eigenvalue weighted by Gasteiger charge is 2.57. The predicted molar refractivity (Wildman–Crippen MR) is 124 cm³/mol. The summed E-state index contributed by atoms with van der Waals surface area (Å²) in [7, 11) is 0. The fourth-order valence-corrected chi connectivity index (χ4v) is 5.45. The first-order valence-electron chi connectivity index (χ1n) is 9.46. The van der Waals surface area contributed by atoms with E-state index in [1.807, 2.05) is 6.92 Å². The molecular formula is C25H22OS2. The molecule has 0 fully saturated rings. The highest BCUT2D eigenvalue weighted by Crippen LogP contribution is 2.70.